The number of aromatic nitrogens is 3. The van der Waals surface area contributed by atoms with Crippen LogP contribution in [-0.2, 0) is 10.0 Å². The highest BCUT2D eigenvalue weighted by atomic mass is 35.5. The molecule has 0 radical (unpaired) electrons. The number of aliphatic hydroxyl groups is 1. The van der Waals surface area contributed by atoms with Gasteiger partial charge >= 0.3 is 0 Å². The van der Waals surface area contributed by atoms with Crippen LogP contribution in [0, 0.1) is 12.8 Å². The van der Waals surface area contributed by atoms with Crippen molar-refractivity contribution in [2.45, 2.75) is 38.8 Å². The predicted molar refractivity (Wildman–Crippen MR) is 138 cm³/mol. The van der Waals surface area contributed by atoms with Gasteiger partial charge in [-0.15, -0.1) is 0 Å². The molecule has 2 aromatic heterocycles. The lowest BCUT2D eigenvalue weighted by Crippen LogP contribution is -2.51. The summed E-state index contributed by atoms with van der Waals surface area (Å²) in [5, 5.41) is 14.8. The summed E-state index contributed by atoms with van der Waals surface area (Å²) in [6, 6.07) is 6.15. The Bertz CT molecular complexity index is 1440. The van der Waals surface area contributed by atoms with E-state index in [-0.39, 0.29) is 35.2 Å². The summed E-state index contributed by atoms with van der Waals surface area (Å²) in [4.78, 5) is 22.4. The number of carbonyl (C=O) groups excluding carboxylic acids is 1. The van der Waals surface area contributed by atoms with Gasteiger partial charge in [0.25, 0.3) is 5.91 Å². The van der Waals surface area contributed by atoms with E-state index >= 15 is 0 Å². The topological polar surface area (TPSA) is 120 Å². The Morgan fingerprint density at radius 2 is 1.94 bits per heavy atom. The summed E-state index contributed by atoms with van der Waals surface area (Å²) in [5.41, 5.74) is 2.73. The molecule has 192 valence electrons. The maximum Gasteiger partial charge on any atom is 0.256 e. The van der Waals surface area contributed by atoms with E-state index in [9.17, 15) is 18.3 Å². The fourth-order valence-corrected chi connectivity index (χ4v) is 5.70. The van der Waals surface area contributed by atoms with Gasteiger partial charge in [-0.2, -0.15) is 5.10 Å². The molecule has 2 fully saturated rings. The summed E-state index contributed by atoms with van der Waals surface area (Å²) in [6.45, 7) is 5.66. The first kappa shape index (κ1) is 24.8. The molecular weight excluding hydrogens is 504 g/mol. The van der Waals surface area contributed by atoms with Crippen molar-refractivity contribution >= 4 is 44.7 Å². The van der Waals surface area contributed by atoms with Gasteiger partial charge in [-0.25, -0.2) is 17.9 Å². The van der Waals surface area contributed by atoms with Crippen LogP contribution in [0.1, 0.15) is 47.4 Å². The molecule has 0 aliphatic carbocycles. The highest BCUT2D eigenvalue weighted by Crippen LogP contribution is 2.36. The minimum atomic E-state index is -3.59. The zero-order valence-corrected chi connectivity index (χ0v) is 21.9. The van der Waals surface area contributed by atoms with E-state index in [4.69, 9.17) is 21.7 Å². The summed E-state index contributed by atoms with van der Waals surface area (Å²) in [7, 11) is -3.59. The fraction of sp³-hybridized carbons (Fsp3) is 0.458. The quantitative estimate of drug-likeness (QED) is 0.518. The molecule has 5 rings (SSSR count). The number of amides is 1. The third kappa shape index (κ3) is 4.87. The molecule has 36 heavy (non-hydrogen) atoms. The number of β-amino-alcohol motifs (C(OH)–C–C–N with tert-alkyl or cyclic N) is 1. The normalized spacial score (nSPS) is 21.0. The van der Waals surface area contributed by atoms with Crippen LogP contribution in [0.15, 0.2) is 30.5 Å². The van der Waals surface area contributed by atoms with E-state index in [1.807, 2.05) is 24.1 Å². The average molecular weight is 533 g/mol. The van der Waals surface area contributed by atoms with E-state index in [1.54, 1.807) is 15.5 Å². The van der Waals surface area contributed by atoms with Crippen molar-refractivity contribution in [1.29, 1.82) is 0 Å². The van der Waals surface area contributed by atoms with Gasteiger partial charge < -0.3 is 14.9 Å². The van der Waals surface area contributed by atoms with Gasteiger partial charge in [-0.1, -0.05) is 18.5 Å². The molecule has 2 aliphatic rings. The number of rotatable bonds is 5. The van der Waals surface area contributed by atoms with E-state index in [0.29, 0.717) is 30.3 Å². The first-order chi connectivity index (χ1) is 17.0. The zero-order valence-electron chi connectivity index (χ0n) is 20.3. The molecule has 4 heterocycles. The lowest BCUT2D eigenvalue weighted by atomic mass is 9.91. The van der Waals surface area contributed by atoms with Gasteiger partial charge in [0.2, 0.25) is 10.0 Å². The standard InChI is InChI=1S/C24H29ClN6O4S/c1-14-4-7-21(20-9-22-26-23(29-12-17(32)13-29)15(2)11-31(22)27-20)30(10-14)24(33)18-8-16(25)5-6-19(18)28-36(3,34)35/h5-6,8-9,11,14,17,21,28,32H,4,7,10,12-13H2,1-3H3/t14-,21-/m0/s1. The van der Waals surface area contributed by atoms with Crippen LogP contribution in [0.5, 0.6) is 0 Å². The molecule has 3 aromatic rings. The second-order valence-electron chi connectivity index (χ2n) is 9.90. The molecule has 2 atom stereocenters. The number of aryl methyl sites for hydroxylation is 1. The monoisotopic (exact) mass is 532 g/mol. The lowest BCUT2D eigenvalue weighted by molar-refractivity contribution is 0.0538. The number of nitrogens with one attached hydrogen (secondary N) is 1. The van der Waals surface area contributed by atoms with Crippen LogP contribution in [0.4, 0.5) is 11.5 Å². The zero-order chi connectivity index (χ0) is 25.8. The molecule has 2 saturated heterocycles. The van der Waals surface area contributed by atoms with Crippen LogP contribution in [0.3, 0.4) is 0 Å². The number of aliphatic hydroxyl groups excluding tert-OH is 1. The van der Waals surface area contributed by atoms with Crippen LogP contribution >= 0.6 is 11.6 Å². The Morgan fingerprint density at radius 1 is 1.19 bits per heavy atom. The van der Waals surface area contributed by atoms with E-state index < -0.39 is 10.0 Å². The predicted octanol–water partition coefficient (Wildman–Crippen LogP) is 2.86. The van der Waals surface area contributed by atoms with Crippen LogP contribution in [0.2, 0.25) is 5.02 Å². The third-order valence-electron chi connectivity index (χ3n) is 6.71. The van der Waals surface area contributed by atoms with Crippen molar-refractivity contribution in [2.75, 3.05) is 35.5 Å². The molecule has 0 bridgehead atoms. The van der Waals surface area contributed by atoms with Gasteiger partial charge in [0.15, 0.2) is 5.65 Å². The van der Waals surface area contributed by atoms with E-state index in [0.717, 1.165) is 36.2 Å². The molecule has 1 aromatic carbocycles. The fourth-order valence-electron chi connectivity index (χ4n) is 4.95. The number of halogens is 1. The molecule has 2 aliphatic heterocycles. The van der Waals surface area contributed by atoms with Crippen molar-refractivity contribution in [3.8, 4) is 0 Å². The van der Waals surface area contributed by atoms with Gasteiger partial charge in [0.1, 0.15) is 5.82 Å². The Balaban J connectivity index is 1.51. The Kier molecular flexibility index (Phi) is 6.34. The number of fused-ring (bicyclic) bond motifs is 1. The molecule has 2 N–H and O–H groups in total. The van der Waals surface area contributed by atoms with Crippen molar-refractivity contribution in [1.82, 2.24) is 19.5 Å². The number of likely N-dealkylation sites (tertiary alicyclic amines) is 1. The second kappa shape index (κ2) is 9.20. The van der Waals surface area contributed by atoms with Gasteiger partial charge in [0.05, 0.1) is 35.3 Å². The minimum absolute atomic E-state index is 0.192. The van der Waals surface area contributed by atoms with Crippen molar-refractivity contribution < 1.29 is 18.3 Å². The summed E-state index contributed by atoms with van der Waals surface area (Å²) < 4.78 is 28.0. The number of carbonyl (C=O) groups is 1. The molecule has 0 saturated carbocycles. The van der Waals surface area contributed by atoms with Gasteiger partial charge in [0, 0.05) is 42.5 Å². The minimum Gasteiger partial charge on any atom is -0.389 e. The van der Waals surface area contributed by atoms with Crippen molar-refractivity contribution in [3.05, 3.63) is 52.3 Å². The molecule has 0 spiro atoms. The summed E-state index contributed by atoms with van der Waals surface area (Å²) >= 11 is 6.20. The SMILES string of the molecule is Cc1cn2nc([C@@H]3CC[C@H](C)CN3C(=O)c3cc(Cl)ccc3NS(C)(=O)=O)cc2nc1N1CC(O)C1. The number of hydrogen-bond donors (Lipinski definition) is 2. The number of anilines is 2. The Hall–Kier alpha value is -2.89. The van der Waals surface area contributed by atoms with Crippen LogP contribution in [-0.4, -0.2) is 70.9 Å². The number of hydrogen-bond acceptors (Lipinski definition) is 7. The smallest absolute Gasteiger partial charge is 0.256 e. The number of benzene rings is 1. The van der Waals surface area contributed by atoms with Crippen LogP contribution < -0.4 is 9.62 Å². The molecular formula is C24H29ClN6O4S. The molecule has 10 nitrogen and oxygen atoms in total. The molecule has 0 unspecified atom stereocenters. The van der Waals surface area contributed by atoms with Crippen molar-refractivity contribution in [3.63, 3.8) is 0 Å². The Labute approximate surface area is 214 Å². The third-order valence-corrected chi connectivity index (χ3v) is 7.54. The maximum atomic E-state index is 13.8. The Morgan fingerprint density at radius 3 is 2.64 bits per heavy atom. The van der Waals surface area contributed by atoms with Crippen LogP contribution in [0.25, 0.3) is 5.65 Å². The van der Waals surface area contributed by atoms with Gasteiger partial charge in [-0.05, 0) is 43.9 Å². The summed E-state index contributed by atoms with van der Waals surface area (Å²) in [5.74, 6) is 0.786. The molecule has 1 amide bonds. The maximum absolute atomic E-state index is 13.8. The van der Waals surface area contributed by atoms with Gasteiger partial charge in [-0.3, -0.25) is 9.52 Å². The first-order valence-electron chi connectivity index (χ1n) is 11.9. The highest BCUT2D eigenvalue weighted by Gasteiger charge is 2.35. The number of sulfonamides is 1. The number of nitrogens with zero attached hydrogens (tertiary/aromatic N) is 5. The molecule has 12 heteroatoms. The highest BCUT2D eigenvalue weighted by molar-refractivity contribution is 7.92. The summed E-state index contributed by atoms with van der Waals surface area (Å²) in [6.07, 6.45) is 4.27. The second-order valence-corrected chi connectivity index (χ2v) is 12.1. The van der Waals surface area contributed by atoms with E-state index in [2.05, 4.69) is 11.6 Å². The average Bonchev–Trinajstić information content (AvgIpc) is 3.18. The largest absolute Gasteiger partial charge is 0.389 e. The van der Waals surface area contributed by atoms with Crippen molar-refractivity contribution in [2.24, 2.45) is 5.92 Å². The first-order valence-corrected chi connectivity index (χ1v) is 14.1. The van der Waals surface area contributed by atoms with E-state index in [1.165, 1.54) is 12.1 Å². The lowest BCUT2D eigenvalue weighted by Gasteiger charge is -2.38. The number of piperidine rings is 1.